The number of aromatic amines is 1. The van der Waals surface area contributed by atoms with Gasteiger partial charge in [-0.2, -0.15) is 0 Å². The molecule has 24 heavy (non-hydrogen) atoms. The lowest BCUT2D eigenvalue weighted by atomic mass is 10.1. The maximum absolute atomic E-state index is 12.3. The first-order chi connectivity index (χ1) is 11.6. The fraction of sp³-hybridized carbons (Fsp3) is 0.333. The van der Waals surface area contributed by atoms with Gasteiger partial charge in [-0.3, -0.25) is 9.69 Å². The number of H-pyrrole nitrogens is 1. The highest BCUT2D eigenvalue weighted by Gasteiger charge is 2.28. The second kappa shape index (κ2) is 6.07. The molecule has 3 heterocycles. The number of fused-ring (bicyclic) bond motifs is 1. The van der Waals surface area contributed by atoms with E-state index in [2.05, 4.69) is 44.8 Å². The van der Waals surface area contributed by atoms with Crippen LogP contribution in [0.4, 0.5) is 0 Å². The molecule has 1 N–H and O–H groups in total. The molecule has 4 rings (SSSR count). The predicted octanol–water partition coefficient (Wildman–Crippen LogP) is 3.25. The molecular formula is C18H19ClN4O. The third kappa shape index (κ3) is 2.74. The van der Waals surface area contributed by atoms with Crippen molar-refractivity contribution in [2.24, 2.45) is 7.05 Å². The molecule has 2 aromatic heterocycles. The molecule has 0 saturated carbocycles. The molecule has 1 fully saturated rings. The van der Waals surface area contributed by atoms with Gasteiger partial charge in [0.15, 0.2) is 0 Å². The van der Waals surface area contributed by atoms with Crippen molar-refractivity contribution < 1.29 is 0 Å². The van der Waals surface area contributed by atoms with E-state index in [9.17, 15) is 4.79 Å². The average molecular weight is 343 g/mol. The van der Waals surface area contributed by atoms with Crippen LogP contribution in [-0.2, 0) is 13.6 Å². The fourth-order valence-electron chi connectivity index (χ4n) is 3.60. The molecule has 5 nitrogen and oxygen atoms in total. The van der Waals surface area contributed by atoms with Crippen LogP contribution in [-0.4, -0.2) is 26.0 Å². The van der Waals surface area contributed by atoms with Crippen molar-refractivity contribution >= 4 is 22.5 Å². The van der Waals surface area contributed by atoms with Crippen LogP contribution < -0.4 is 5.56 Å². The summed E-state index contributed by atoms with van der Waals surface area (Å²) in [5.41, 5.74) is 1.84. The number of halogens is 1. The highest BCUT2D eigenvalue weighted by atomic mass is 35.5. The monoisotopic (exact) mass is 342 g/mol. The van der Waals surface area contributed by atoms with E-state index in [4.69, 9.17) is 11.6 Å². The highest BCUT2D eigenvalue weighted by molar-refractivity contribution is 6.31. The summed E-state index contributed by atoms with van der Waals surface area (Å²) >= 11 is 6.04. The van der Waals surface area contributed by atoms with E-state index in [1.54, 1.807) is 18.2 Å². The zero-order chi connectivity index (χ0) is 16.7. The lowest BCUT2D eigenvalue weighted by Crippen LogP contribution is -2.26. The van der Waals surface area contributed by atoms with Crippen LogP contribution >= 0.6 is 11.6 Å². The smallest absolute Gasteiger partial charge is 0.258 e. The van der Waals surface area contributed by atoms with Crippen molar-refractivity contribution in [2.75, 3.05) is 6.54 Å². The molecular weight excluding hydrogens is 324 g/mol. The van der Waals surface area contributed by atoms with E-state index in [0.29, 0.717) is 34.3 Å². The van der Waals surface area contributed by atoms with Crippen LogP contribution in [0.5, 0.6) is 0 Å². The number of likely N-dealkylation sites (tertiary alicyclic amines) is 1. The van der Waals surface area contributed by atoms with E-state index in [1.807, 2.05) is 0 Å². The van der Waals surface area contributed by atoms with Crippen LogP contribution in [0.3, 0.4) is 0 Å². The normalized spacial score (nSPS) is 18.5. The number of aryl methyl sites for hydroxylation is 1. The van der Waals surface area contributed by atoms with Crippen molar-refractivity contribution in [3.8, 4) is 0 Å². The zero-order valence-electron chi connectivity index (χ0n) is 13.5. The Morgan fingerprint density at radius 3 is 3.04 bits per heavy atom. The third-order valence-electron chi connectivity index (χ3n) is 4.76. The number of hydrogen-bond donors (Lipinski definition) is 1. The van der Waals surface area contributed by atoms with Gasteiger partial charge < -0.3 is 9.55 Å². The van der Waals surface area contributed by atoms with Gasteiger partial charge in [-0.05, 0) is 49.7 Å². The number of rotatable bonds is 3. The molecule has 3 aromatic rings. The van der Waals surface area contributed by atoms with E-state index in [1.165, 1.54) is 5.69 Å². The Balaban J connectivity index is 1.66. The molecule has 0 bridgehead atoms. The lowest BCUT2D eigenvalue weighted by Gasteiger charge is -2.24. The minimum atomic E-state index is -0.110. The van der Waals surface area contributed by atoms with E-state index in [0.717, 1.165) is 19.4 Å². The Kier molecular flexibility index (Phi) is 3.90. The minimum Gasteiger partial charge on any atom is -0.353 e. The third-order valence-corrected chi connectivity index (χ3v) is 4.99. The predicted molar refractivity (Wildman–Crippen MR) is 95.2 cm³/mol. The van der Waals surface area contributed by atoms with Gasteiger partial charge in [0.05, 0.1) is 23.5 Å². The Labute approximate surface area is 144 Å². The van der Waals surface area contributed by atoms with E-state index in [-0.39, 0.29) is 5.56 Å². The summed E-state index contributed by atoms with van der Waals surface area (Å²) in [6.45, 7) is 1.64. The fourth-order valence-corrected chi connectivity index (χ4v) is 3.77. The summed E-state index contributed by atoms with van der Waals surface area (Å²) in [5.74, 6) is 0.691. The standard InChI is InChI=1S/C18H19ClN4O/c1-22-8-2-4-15(22)16-5-3-9-23(16)11-17-20-14-10-12(19)6-7-13(14)18(24)21-17/h2,4,6-8,10,16H,3,5,9,11H2,1H3,(H,20,21,24)/t16-/m1/s1. The summed E-state index contributed by atoms with van der Waals surface area (Å²) in [7, 11) is 2.07. The topological polar surface area (TPSA) is 53.9 Å². The van der Waals surface area contributed by atoms with Crippen LogP contribution in [0, 0.1) is 0 Å². The molecule has 1 atom stereocenters. The quantitative estimate of drug-likeness (QED) is 0.795. The molecule has 0 amide bonds. The molecule has 6 heteroatoms. The second-order valence-corrected chi connectivity index (χ2v) is 6.78. The maximum Gasteiger partial charge on any atom is 0.258 e. The van der Waals surface area contributed by atoms with Gasteiger partial charge >= 0.3 is 0 Å². The molecule has 1 aromatic carbocycles. The van der Waals surface area contributed by atoms with Crippen LogP contribution in [0.1, 0.15) is 30.4 Å². The van der Waals surface area contributed by atoms with Crippen molar-refractivity contribution in [2.45, 2.75) is 25.4 Å². The summed E-state index contributed by atoms with van der Waals surface area (Å²) in [5, 5.41) is 1.16. The number of aromatic nitrogens is 3. The highest BCUT2D eigenvalue weighted by Crippen LogP contribution is 2.32. The van der Waals surface area contributed by atoms with E-state index < -0.39 is 0 Å². The summed E-state index contributed by atoms with van der Waals surface area (Å²) < 4.78 is 2.17. The van der Waals surface area contributed by atoms with Crippen LogP contribution in [0.15, 0.2) is 41.3 Å². The van der Waals surface area contributed by atoms with Gasteiger partial charge in [0, 0.05) is 24.0 Å². The molecule has 1 saturated heterocycles. The number of benzene rings is 1. The van der Waals surface area contributed by atoms with Gasteiger partial charge in [-0.15, -0.1) is 0 Å². The molecule has 1 aliphatic rings. The summed E-state index contributed by atoms with van der Waals surface area (Å²) in [6, 6.07) is 9.78. The largest absolute Gasteiger partial charge is 0.353 e. The average Bonchev–Trinajstić information content (AvgIpc) is 3.15. The van der Waals surface area contributed by atoms with Crippen molar-refractivity contribution in [3.63, 3.8) is 0 Å². The molecule has 1 aliphatic heterocycles. The Bertz CT molecular complexity index is 946. The van der Waals surface area contributed by atoms with Crippen molar-refractivity contribution in [1.82, 2.24) is 19.4 Å². The maximum atomic E-state index is 12.3. The Hall–Kier alpha value is -2.11. The van der Waals surface area contributed by atoms with E-state index >= 15 is 0 Å². The van der Waals surface area contributed by atoms with Crippen molar-refractivity contribution in [3.05, 3.63) is 63.4 Å². The Morgan fingerprint density at radius 1 is 1.38 bits per heavy atom. The first-order valence-corrected chi connectivity index (χ1v) is 8.53. The van der Waals surface area contributed by atoms with Gasteiger partial charge in [0.2, 0.25) is 0 Å². The Morgan fingerprint density at radius 2 is 2.25 bits per heavy atom. The van der Waals surface area contributed by atoms with Gasteiger partial charge in [-0.1, -0.05) is 11.6 Å². The number of nitrogens with one attached hydrogen (secondary N) is 1. The number of nitrogens with zero attached hydrogens (tertiary/aromatic N) is 3. The molecule has 0 spiro atoms. The van der Waals surface area contributed by atoms with Crippen LogP contribution in [0.2, 0.25) is 5.02 Å². The first kappa shape index (κ1) is 15.4. The van der Waals surface area contributed by atoms with Gasteiger partial charge in [0.1, 0.15) is 5.82 Å². The molecule has 124 valence electrons. The molecule has 0 radical (unpaired) electrons. The van der Waals surface area contributed by atoms with Gasteiger partial charge in [-0.25, -0.2) is 4.98 Å². The number of hydrogen-bond acceptors (Lipinski definition) is 3. The van der Waals surface area contributed by atoms with Gasteiger partial charge in [0.25, 0.3) is 5.56 Å². The molecule has 0 unspecified atom stereocenters. The summed E-state index contributed by atoms with van der Waals surface area (Å²) in [4.78, 5) is 22.2. The first-order valence-electron chi connectivity index (χ1n) is 8.15. The van der Waals surface area contributed by atoms with Crippen LogP contribution in [0.25, 0.3) is 10.9 Å². The van der Waals surface area contributed by atoms with Crippen molar-refractivity contribution in [1.29, 1.82) is 0 Å². The molecule has 0 aliphatic carbocycles. The minimum absolute atomic E-state index is 0.110. The zero-order valence-corrected chi connectivity index (χ0v) is 14.3. The summed E-state index contributed by atoms with van der Waals surface area (Å²) in [6.07, 6.45) is 4.35. The second-order valence-electron chi connectivity index (χ2n) is 6.35. The SMILES string of the molecule is Cn1cccc1[C@H]1CCCN1Cc1nc2cc(Cl)ccc2c(=O)[nH]1. The lowest BCUT2D eigenvalue weighted by molar-refractivity contribution is 0.235.